The second-order valence-electron chi connectivity index (χ2n) is 6.57. The minimum atomic E-state index is -0.579. The molecule has 0 unspecified atom stereocenters. The van der Waals surface area contributed by atoms with Gasteiger partial charge in [-0.2, -0.15) is 0 Å². The van der Waals surface area contributed by atoms with E-state index in [1.165, 1.54) is 23.1 Å². The third kappa shape index (κ3) is 6.40. The molecule has 1 rings (SSSR count). The fourth-order valence-electron chi connectivity index (χ4n) is 2.11. The monoisotopic (exact) mass is 351 g/mol. The summed E-state index contributed by atoms with van der Waals surface area (Å²) in [4.78, 5) is 35.9. The minimum Gasteiger partial charge on any atom is -0.444 e. The average molecular weight is 351 g/mol. The third-order valence-electron chi connectivity index (χ3n) is 3.36. The molecule has 8 nitrogen and oxygen atoms in total. The van der Waals surface area contributed by atoms with Crippen LogP contribution in [0.25, 0.3) is 0 Å². The fraction of sp³-hybridized carbons (Fsp3) is 0.529. The van der Waals surface area contributed by atoms with Crippen molar-refractivity contribution in [2.24, 2.45) is 0 Å². The van der Waals surface area contributed by atoms with E-state index in [2.05, 4.69) is 5.32 Å². The van der Waals surface area contributed by atoms with Gasteiger partial charge in [-0.1, -0.05) is 0 Å². The summed E-state index contributed by atoms with van der Waals surface area (Å²) in [5.41, 5.74) is 0.146. The van der Waals surface area contributed by atoms with E-state index in [-0.39, 0.29) is 18.1 Å². The Balaban J connectivity index is 2.60. The van der Waals surface area contributed by atoms with Gasteiger partial charge in [-0.05, 0) is 46.8 Å². The molecule has 138 valence electrons. The van der Waals surface area contributed by atoms with Gasteiger partial charge in [0.2, 0.25) is 0 Å². The van der Waals surface area contributed by atoms with Gasteiger partial charge in [0.05, 0.1) is 4.92 Å². The summed E-state index contributed by atoms with van der Waals surface area (Å²) in [6.45, 7) is 9.79. The van der Waals surface area contributed by atoms with Crippen LogP contribution < -0.4 is 5.32 Å². The lowest BCUT2D eigenvalue weighted by molar-refractivity contribution is -0.385. The maximum Gasteiger partial charge on any atom is 0.410 e. The Labute approximate surface area is 147 Å². The van der Waals surface area contributed by atoms with Crippen LogP contribution in [0, 0.1) is 17.0 Å². The van der Waals surface area contributed by atoms with E-state index in [9.17, 15) is 19.7 Å². The highest BCUT2D eigenvalue weighted by Crippen LogP contribution is 2.18. The van der Waals surface area contributed by atoms with Gasteiger partial charge in [0.1, 0.15) is 5.60 Å². The Morgan fingerprint density at radius 1 is 1.32 bits per heavy atom. The standard InChI is InChI=1S/C17H25N3O5/c1-6-19(16(22)25-17(3,4)5)10-9-18-15(21)13-7-8-14(20(23)24)12(2)11-13/h7-8,11H,6,9-10H2,1-5H3,(H,18,21). The number of hydrogen-bond acceptors (Lipinski definition) is 5. The Morgan fingerprint density at radius 2 is 1.96 bits per heavy atom. The van der Waals surface area contributed by atoms with Crippen molar-refractivity contribution in [1.29, 1.82) is 0 Å². The van der Waals surface area contributed by atoms with Crippen molar-refractivity contribution in [3.05, 3.63) is 39.4 Å². The quantitative estimate of drug-likeness (QED) is 0.627. The van der Waals surface area contributed by atoms with Crippen LogP contribution >= 0.6 is 0 Å². The molecule has 0 heterocycles. The summed E-state index contributed by atoms with van der Waals surface area (Å²) in [5.74, 6) is -0.349. The molecule has 0 spiro atoms. The van der Waals surface area contributed by atoms with Gasteiger partial charge in [0.25, 0.3) is 11.6 Å². The Kier molecular flexibility index (Phi) is 6.90. The average Bonchev–Trinajstić information content (AvgIpc) is 2.48. The number of nitro groups is 1. The van der Waals surface area contributed by atoms with Crippen LogP contribution in [-0.4, -0.2) is 47.1 Å². The van der Waals surface area contributed by atoms with Gasteiger partial charge >= 0.3 is 6.09 Å². The van der Waals surface area contributed by atoms with E-state index in [4.69, 9.17) is 4.74 Å². The van der Waals surface area contributed by atoms with Crippen molar-refractivity contribution in [3.8, 4) is 0 Å². The van der Waals surface area contributed by atoms with E-state index in [0.717, 1.165) is 0 Å². The zero-order valence-electron chi connectivity index (χ0n) is 15.3. The number of amides is 2. The predicted molar refractivity (Wildman–Crippen MR) is 93.6 cm³/mol. The van der Waals surface area contributed by atoms with Crippen molar-refractivity contribution in [1.82, 2.24) is 10.2 Å². The lowest BCUT2D eigenvalue weighted by atomic mass is 10.1. The number of hydrogen-bond donors (Lipinski definition) is 1. The highest BCUT2D eigenvalue weighted by molar-refractivity contribution is 5.94. The molecule has 0 saturated heterocycles. The number of rotatable bonds is 6. The molecule has 0 radical (unpaired) electrons. The number of nitro benzene ring substituents is 1. The van der Waals surface area contributed by atoms with E-state index >= 15 is 0 Å². The number of nitrogens with one attached hydrogen (secondary N) is 1. The van der Waals surface area contributed by atoms with Crippen LogP contribution in [0.5, 0.6) is 0 Å². The van der Waals surface area contributed by atoms with Crippen LogP contribution in [0.4, 0.5) is 10.5 Å². The zero-order chi connectivity index (χ0) is 19.2. The number of carbonyl (C=O) groups excluding carboxylic acids is 2. The molecule has 0 atom stereocenters. The van der Waals surface area contributed by atoms with E-state index in [0.29, 0.717) is 24.2 Å². The molecule has 8 heteroatoms. The van der Waals surface area contributed by atoms with Crippen molar-refractivity contribution < 1.29 is 19.2 Å². The van der Waals surface area contributed by atoms with Crippen LogP contribution in [0.1, 0.15) is 43.6 Å². The second kappa shape index (κ2) is 8.46. The van der Waals surface area contributed by atoms with Crippen LogP contribution in [0.15, 0.2) is 18.2 Å². The molecule has 1 aromatic carbocycles. The highest BCUT2D eigenvalue weighted by Gasteiger charge is 2.21. The number of nitrogens with zero attached hydrogens (tertiary/aromatic N) is 2. The Morgan fingerprint density at radius 3 is 2.44 bits per heavy atom. The first-order valence-corrected chi connectivity index (χ1v) is 8.06. The van der Waals surface area contributed by atoms with E-state index < -0.39 is 16.6 Å². The van der Waals surface area contributed by atoms with Crippen molar-refractivity contribution in [2.45, 2.75) is 40.2 Å². The SMILES string of the molecule is CCN(CCNC(=O)c1ccc([N+](=O)[O-])c(C)c1)C(=O)OC(C)(C)C. The molecule has 0 bridgehead atoms. The molecule has 1 aromatic rings. The van der Waals surface area contributed by atoms with Gasteiger partial charge in [-0.25, -0.2) is 4.79 Å². The predicted octanol–water partition coefficient (Wildman–Crippen LogP) is 2.89. The van der Waals surface area contributed by atoms with Crippen molar-refractivity contribution in [2.75, 3.05) is 19.6 Å². The Bertz CT molecular complexity index is 652. The summed E-state index contributed by atoms with van der Waals surface area (Å²) in [6, 6.07) is 4.19. The third-order valence-corrected chi connectivity index (χ3v) is 3.36. The first kappa shape index (κ1) is 20.4. The Hall–Kier alpha value is -2.64. The van der Waals surface area contributed by atoms with Crippen LogP contribution in [0.3, 0.4) is 0 Å². The second-order valence-corrected chi connectivity index (χ2v) is 6.57. The molecular formula is C17H25N3O5. The summed E-state index contributed by atoms with van der Waals surface area (Å²) < 4.78 is 5.29. The number of ether oxygens (including phenoxy) is 1. The molecule has 2 amide bonds. The molecular weight excluding hydrogens is 326 g/mol. The summed E-state index contributed by atoms with van der Waals surface area (Å²) in [5, 5.41) is 13.5. The topological polar surface area (TPSA) is 102 Å². The molecule has 0 aromatic heterocycles. The maximum absolute atomic E-state index is 12.1. The molecule has 1 N–H and O–H groups in total. The zero-order valence-corrected chi connectivity index (χ0v) is 15.3. The molecule has 0 aliphatic carbocycles. The molecule has 0 aliphatic rings. The number of carbonyl (C=O) groups is 2. The van der Waals surface area contributed by atoms with E-state index in [1.807, 2.05) is 6.92 Å². The first-order valence-electron chi connectivity index (χ1n) is 8.06. The maximum atomic E-state index is 12.1. The highest BCUT2D eigenvalue weighted by atomic mass is 16.6. The lowest BCUT2D eigenvalue weighted by Crippen LogP contribution is -2.41. The number of benzene rings is 1. The smallest absolute Gasteiger partial charge is 0.410 e. The van der Waals surface area contributed by atoms with Gasteiger partial charge in [-0.3, -0.25) is 14.9 Å². The van der Waals surface area contributed by atoms with Gasteiger partial charge < -0.3 is 15.0 Å². The van der Waals surface area contributed by atoms with Gasteiger partial charge in [0.15, 0.2) is 0 Å². The van der Waals surface area contributed by atoms with Gasteiger partial charge in [-0.15, -0.1) is 0 Å². The lowest BCUT2D eigenvalue weighted by Gasteiger charge is -2.26. The van der Waals surface area contributed by atoms with Crippen LogP contribution in [-0.2, 0) is 4.74 Å². The molecule has 25 heavy (non-hydrogen) atoms. The molecule has 0 aliphatic heterocycles. The molecule has 0 saturated carbocycles. The summed E-state index contributed by atoms with van der Waals surface area (Å²) >= 11 is 0. The largest absolute Gasteiger partial charge is 0.444 e. The van der Waals surface area contributed by atoms with Crippen molar-refractivity contribution >= 4 is 17.7 Å². The number of likely N-dealkylation sites (N-methyl/N-ethyl adjacent to an activating group) is 1. The van der Waals surface area contributed by atoms with Crippen LogP contribution in [0.2, 0.25) is 0 Å². The summed E-state index contributed by atoms with van der Waals surface area (Å²) in [6.07, 6.45) is -0.435. The minimum absolute atomic E-state index is 0.0290. The fourth-order valence-corrected chi connectivity index (χ4v) is 2.11. The van der Waals surface area contributed by atoms with Crippen molar-refractivity contribution in [3.63, 3.8) is 0 Å². The van der Waals surface area contributed by atoms with E-state index in [1.54, 1.807) is 27.7 Å². The normalized spacial score (nSPS) is 10.9. The summed E-state index contributed by atoms with van der Waals surface area (Å²) in [7, 11) is 0. The molecule has 0 fully saturated rings. The van der Waals surface area contributed by atoms with Gasteiger partial charge in [0, 0.05) is 36.8 Å². The first-order chi connectivity index (χ1) is 11.5. The number of aryl methyl sites for hydroxylation is 1.